The maximum absolute atomic E-state index is 11.4. The third-order valence-electron chi connectivity index (χ3n) is 6.54. The first-order chi connectivity index (χ1) is 21.2. The van der Waals surface area contributed by atoms with Gasteiger partial charge in [0.15, 0.2) is 23.6 Å². The van der Waals surface area contributed by atoms with E-state index in [9.17, 15) is 14.7 Å². The molecule has 0 radical (unpaired) electrons. The lowest BCUT2D eigenvalue weighted by Gasteiger charge is -2.32. The molecule has 1 aliphatic rings. The van der Waals surface area contributed by atoms with Gasteiger partial charge in [0.1, 0.15) is 18.4 Å². The van der Waals surface area contributed by atoms with Crippen LogP contribution >= 0.6 is 0 Å². The van der Waals surface area contributed by atoms with Gasteiger partial charge in [0.05, 0.1) is 17.9 Å². The number of anilines is 2. The molecule has 0 aromatic heterocycles. The minimum Gasteiger partial charge on any atom is -0.492 e. The van der Waals surface area contributed by atoms with Gasteiger partial charge in [-0.3, -0.25) is 9.79 Å². The Bertz CT molecular complexity index is 1330. The van der Waals surface area contributed by atoms with E-state index in [1.54, 1.807) is 0 Å². The topological polar surface area (TPSA) is 196 Å². The van der Waals surface area contributed by atoms with Crippen molar-refractivity contribution in [3.8, 4) is 17.2 Å². The first-order valence-corrected chi connectivity index (χ1v) is 14.4. The van der Waals surface area contributed by atoms with Crippen LogP contribution in [-0.4, -0.2) is 66.6 Å². The van der Waals surface area contributed by atoms with Gasteiger partial charge in [0.2, 0.25) is 0 Å². The molecule has 8 N–H and O–H groups in total. The number of guanidine groups is 1. The van der Waals surface area contributed by atoms with Crippen LogP contribution in [0.3, 0.4) is 0 Å². The van der Waals surface area contributed by atoms with E-state index in [1.165, 1.54) is 0 Å². The Hall–Kier alpha value is -4.81. The molecule has 0 saturated carbocycles. The number of hydrogen-bond acceptors (Lipinski definition) is 8. The van der Waals surface area contributed by atoms with Gasteiger partial charge in [-0.05, 0) is 61.2 Å². The van der Waals surface area contributed by atoms with Crippen molar-refractivity contribution < 1.29 is 34.0 Å². The number of aliphatic carboxylic acids is 2. The number of rotatable bonds is 15. The fourth-order valence-corrected chi connectivity index (χ4v) is 4.33. The first-order valence-electron chi connectivity index (χ1n) is 14.4. The van der Waals surface area contributed by atoms with Crippen LogP contribution in [0.2, 0.25) is 0 Å². The summed E-state index contributed by atoms with van der Waals surface area (Å²) in [5.41, 5.74) is 18.2. The number of ether oxygens (including phenoxy) is 3. The Labute approximate surface area is 257 Å². The lowest BCUT2D eigenvalue weighted by Crippen LogP contribution is -2.30. The molecule has 12 heteroatoms. The van der Waals surface area contributed by atoms with Crippen LogP contribution in [0.4, 0.5) is 11.4 Å². The Morgan fingerprint density at radius 1 is 0.909 bits per heavy atom. The zero-order chi connectivity index (χ0) is 31.9. The summed E-state index contributed by atoms with van der Waals surface area (Å²) < 4.78 is 17.4. The highest BCUT2D eigenvalue weighted by molar-refractivity contribution is 5.78. The van der Waals surface area contributed by atoms with Gasteiger partial charge in [0.25, 0.3) is 0 Å². The molecule has 1 unspecified atom stereocenters. The van der Waals surface area contributed by atoms with E-state index >= 15 is 0 Å². The summed E-state index contributed by atoms with van der Waals surface area (Å²) in [6.07, 6.45) is 1.24. The maximum Gasteiger partial charge on any atom is 0.333 e. The van der Waals surface area contributed by atoms with Crippen LogP contribution in [0.25, 0.3) is 0 Å². The fraction of sp³-hybridized carbons (Fsp3) is 0.344. The molecule has 3 aromatic rings. The van der Waals surface area contributed by atoms with E-state index in [4.69, 9.17) is 36.5 Å². The number of carboxylic acid groups (broad SMARTS) is 2. The van der Waals surface area contributed by atoms with Crippen LogP contribution in [0, 0.1) is 0 Å². The second-order valence-electron chi connectivity index (χ2n) is 9.98. The molecule has 0 aliphatic carbocycles. The van der Waals surface area contributed by atoms with Crippen molar-refractivity contribution in [2.75, 3.05) is 31.2 Å². The van der Waals surface area contributed by atoms with Crippen molar-refractivity contribution in [3.63, 3.8) is 0 Å². The Morgan fingerprint density at radius 2 is 1.52 bits per heavy atom. The summed E-state index contributed by atoms with van der Waals surface area (Å²) in [7, 11) is 0. The van der Waals surface area contributed by atoms with Gasteiger partial charge in [-0.15, -0.1) is 0 Å². The number of para-hydroxylation sites is 4. The summed E-state index contributed by atoms with van der Waals surface area (Å²) in [4.78, 5) is 27.5. The van der Waals surface area contributed by atoms with Gasteiger partial charge in [0, 0.05) is 19.6 Å². The number of carboxylic acids is 2. The fourth-order valence-electron chi connectivity index (χ4n) is 4.33. The summed E-state index contributed by atoms with van der Waals surface area (Å²) in [5, 5.41) is 17.7. The lowest BCUT2D eigenvalue weighted by molar-refractivity contribution is -0.150. The number of hydrogen-bond donors (Lipinski definition) is 5. The average Bonchev–Trinajstić information content (AvgIpc) is 3.01. The van der Waals surface area contributed by atoms with Crippen molar-refractivity contribution in [1.29, 1.82) is 0 Å². The monoisotopic (exact) mass is 607 g/mol. The minimum absolute atomic E-state index is 0.0129. The number of nitrogens with two attached hydrogens (primary N) is 3. The highest BCUT2D eigenvalue weighted by Gasteiger charge is 2.23. The number of nitrogens with zero attached hydrogens (tertiary/aromatic N) is 2. The molecule has 0 saturated heterocycles. The standard InChI is InChI=1S/C26H27NO5.C6H14N4O2/c1-2-16-31-25(26(28)29)18-19-11-13-20(14-12-19)30-17-15-27-21-7-3-5-9-23(21)32-24-10-6-4-8-22(24)27;7-4(5(11)12)2-1-3-10-6(8)9/h3-14,25H,2,15-18H2,1H3,(H,28,29);4H,1-3,7H2,(H,11,12)(H4,8,9,10)/t25-;/m0./s1. The molecular formula is C32H41N5O7. The highest BCUT2D eigenvalue weighted by Crippen LogP contribution is 2.45. The highest BCUT2D eigenvalue weighted by atomic mass is 16.5. The van der Waals surface area contributed by atoms with Crippen molar-refractivity contribution in [2.45, 2.75) is 44.8 Å². The molecule has 236 valence electrons. The number of benzene rings is 3. The van der Waals surface area contributed by atoms with E-state index in [0.29, 0.717) is 45.6 Å². The predicted molar refractivity (Wildman–Crippen MR) is 169 cm³/mol. The van der Waals surface area contributed by atoms with E-state index in [2.05, 4.69) is 9.89 Å². The molecule has 1 heterocycles. The molecule has 44 heavy (non-hydrogen) atoms. The molecule has 2 atom stereocenters. The Balaban J connectivity index is 0.000000375. The van der Waals surface area contributed by atoms with Crippen LogP contribution in [0.15, 0.2) is 77.8 Å². The molecule has 0 fully saturated rings. The normalized spacial score (nSPS) is 12.7. The van der Waals surface area contributed by atoms with E-state index in [1.807, 2.05) is 79.7 Å². The number of carbonyl (C=O) groups is 2. The lowest BCUT2D eigenvalue weighted by atomic mass is 10.1. The zero-order valence-corrected chi connectivity index (χ0v) is 24.8. The molecular weight excluding hydrogens is 566 g/mol. The molecule has 12 nitrogen and oxygen atoms in total. The molecule has 0 spiro atoms. The minimum atomic E-state index is -1.00. The summed E-state index contributed by atoms with van der Waals surface area (Å²) in [6.45, 7) is 3.96. The predicted octanol–water partition coefficient (Wildman–Crippen LogP) is 3.88. The summed E-state index contributed by atoms with van der Waals surface area (Å²) in [6, 6.07) is 22.6. The Kier molecular flexibility index (Phi) is 13.3. The third kappa shape index (κ3) is 10.5. The first kappa shape index (κ1) is 33.7. The molecule has 1 aliphatic heterocycles. The Morgan fingerprint density at radius 3 is 2.07 bits per heavy atom. The maximum atomic E-state index is 11.4. The molecule has 0 amide bonds. The quantitative estimate of drug-likeness (QED) is 0.0955. The van der Waals surface area contributed by atoms with E-state index < -0.39 is 24.1 Å². The van der Waals surface area contributed by atoms with Crippen molar-refractivity contribution in [1.82, 2.24) is 0 Å². The largest absolute Gasteiger partial charge is 0.492 e. The van der Waals surface area contributed by atoms with Crippen LogP contribution in [0.1, 0.15) is 31.7 Å². The van der Waals surface area contributed by atoms with Crippen molar-refractivity contribution in [2.24, 2.45) is 22.2 Å². The van der Waals surface area contributed by atoms with Crippen molar-refractivity contribution >= 4 is 29.3 Å². The third-order valence-corrected chi connectivity index (χ3v) is 6.54. The molecule has 4 rings (SSSR count). The van der Waals surface area contributed by atoms with Gasteiger partial charge in [-0.2, -0.15) is 0 Å². The second-order valence-corrected chi connectivity index (χ2v) is 9.98. The van der Waals surface area contributed by atoms with Gasteiger partial charge in [-0.1, -0.05) is 43.3 Å². The van der Waals surface area contributed by atoms with E-state index in [-0.39, 0.29) is 5.96 Å². The smallest absolute Gasteiger partial charge is 0.333 e. The van der Waals surface area contributed by atoms with Gasteiger partial charge < -0.3 is 46.5 Å². The summed E-state index contributed by atoms with van der Waals surface area (Å²) in [5.74, 6) is 0.469. The van der Waals surface area contributed by atoms with Crippen LogP contribution < -0.4 is 31.6 Å². The average molecular weight is 608 g/mol. The van der Waals surface area contributed by atoms with Crippen LogP contribution in [-0.2, 0) is 20.7 Å². The zero-order valence-electron chi connectivity index (χ0n) is 24.8. The summed E-state index contributed by atoms with van der Waals surface area (Å²) >= 11 is 0. The van der Waals surface area contributed by atoms with Gasteiger partial charge >= 0.3 is 11.9 Å². The number of aliphatic imine (C=N–C) groups is 1. The van der Waals surface area contributed by atoms with Crippen LogP contribution in [0.5, 0.6) is 17.2 Å². The molecule has 0 bridgehead atoms. The molecule has 3 aromatic carbocycles. The van der Waals surface area contributed by atoms with Crippen molar-refractivity contribution in [3.05, 3.63) is 78.4 Å². The van der Waals surface area contributed by atoms with E-state index in [0.717, 1.165) is 40.6 Å². The SMILES string of the molecule is CCCO[C@@H](Cc1ccc(OCCN2c3ccccc3Oc3ccccc32)cc1)C(=O)O.NC(N)=NCCCC(N)C(=O)O. The van der Waals surface area contributed by atoms with Gasteiger partial charge in [-0.25, -0.2) is 4.79 Å². The second kappa shape index (κ2) is 17.3. The number of fused-ring (bicyclic) bond motifs is 2.